The van der Waals surface area contributed by atoms with Crippen LogP contribution in [0.25, 0.3) is 0 Å². The first kappa shape index (κ1) is 14.3. The number of carboxylic acid groups (broad SMARTS) is 1. The molecule has 0 bridgehead atoms. The maximum atomic E-state index is 13.5. The summed E-state index contributed by atoms with van der Waals surface area (Å²) in [5.41, 5.74) is -1.59. The predicted molar refractivity (Wildman–Crippen MR) is 67.5 cm³/mol. The molecule has 0 unspecified atom stereocenters. The van der Waals surface area contributed by atoms with E-state index in [0.717, 1.165) is 18.3 Å². The number of carboxylic acids is 1. The Morgan fingerprint density at radius 2 is 2.10 bits per heavy atom. The second-order valence-corrected chi connectivity index (χ2v) is 3.88. The molecule has 7 nitrogen and oxygen atoms in total. The molecule has 0 spiro atoms. The molecule has 1 heterocycles. The van der Waals surface area contributed by atoms with Crippen LogP contribution >= 0.6 is 0 Å². The van der Waals surface area contributed by atoms with Crippen molar-refractivity contribution in [2.45, 2.75) is 0 Å². The van der Waals surface area contributed by atoms with Crippen molar-refractivity contribution < 1.29 is 23.6 Å². The van der Waals surface area contributed by atoms with Crippen LogP contribution < -0.4 is 5.32 Å². The van der Waals surface area contributed by atoms with Gasteiger partial charge < -0.3 is 10.4 Å². The number of nitrogens with zero attached hydrogens (tertiary/aromatic N) is 2. The quantitative estimate of drug-likeness (QED) is 0.663. The summed E-state index contributed by atoms with van der Waals surface area (Å²) in [5, 5.41) is 21.9. The molecule has 0 saturated heterocycles. The third-order valence-electron chi connectivity index (χ3n) is 2.52. The third-order valence-corrected chi connectivity index (χ3v) is 2.52. The molecule has 0 fully saturated rings. The Balaban J connectivity index is 2.42. The fraction of sp³-hybridized carbons (Fsp3) is 0. The molecule has 1 aromatic heterocycles. The maximum absolute atomic E-state index is 13.5. The van der Waals surface area contributed by atoms with Crippen LogP contribution in [0.1, 0.15) is 10.4 Å². The van der Waals surface area contributed by atoms with E-state index in [0.29, 0.717) is 0 Å². The van der Waals surface area contributed by atoms with Crippen molar-refractivity contribution in [1.29, 1.82) is 0 Å². The number of nitro groups is 1. The zero-order chi connectivity index (χ0) is 15.6. The molecule has 2 N–H and O–H groups in total. The van der Waals surface area contributed by atoms with Crippen LogP contribution in [0.3, 0.4) is 0 Å². The van der Waals surface area contributed by atoms with Gasteiger partial charge in [-0.15, -0.1) is 0 Å². The van der Waals surface area contributed by atoms with Crippen molar-refractivity contribution in [3.63, 3.8) is 0 Å². The summed E-state index contributed by atoms with van der Waals surface area (Å²) in [7, 11) is 0. The molecule has 0 saturated carbocycles. The fourth-order valence-corrected chi connectivity index (χ4v) is 1.57. The van der Waals surface area contributed by atoms with Crippen LogP contribution in [0.4, 0.5) is 26.0 Å². The van der Waals surface area contributed by atoms with Crippen molar-refractivity contribution in [1.82, 2.24) is 4.98 Å². The highest BCUT2D eigenvalue weighted by atomic mass is 19.2. The normalized spacial score (nSPS) is 10.2. The molecule has 9 heteroatoms. The van der Waals surface area contributed by atoms with Crippen molar-refractivity contribution in [2.24, 2.45) is 0 Å². The number of nitrogens with one attached hydrogen (secondary N) is 1. The number of rotatable bonds is 4. The monoisotopic (exact) mass is 295 g/mol. The van der Waals surface area contributed by atoms with Crippen LogP contribution in [0.5, 0.6) is 0 Å². The second-order valence-electron chi connectivity index (χ2n) is 3.88. The van der Waals surface area contributed by atoms with E-state index in [1.165, 1.54) is 12.1 Å². The Hall–Kier alpha value is -3.10. The van der Waals surface area contributed by atoms with Gasteiger partial charge in [-0.05, 0) is 12.1 Å². The lowest BCUT2D eigenvalue weighted by atomic mass is 10.2. The number of hydrogen-bond acceptors (Lipinski definition) is 5. The molecule has 0 aliphatic heterocycles. The molecule has 0 atom stereocenters. The van der Waals surface area contributed by atoms with Crippen molar-refractivity contribution in [2.75, 3.05) is 5.32 Å². The molecule has 1 aromatic carbocycles. The lowest BCUT2D eigenvalue weighted by molar-refractivity contribution is -0.385. The highest BCUT2D eigenvalue weighted by Gasteiger charge is 2.21. The van der Waals surface area contributed by atoms with E-state index in [-0.39, 0.29) is 11.5 Å². The number of hydrogen-bond donors (Lipinski definition) is 2. The molecule has 0 aliphatic carbocycles. The summed E-state index contributed by atoms with van der Waals surface area (Å²) >= 11 is 0. The van der Waals surface area contributed by atoms with Crippen LogP contribution in [-0.4, -0.2) is 21.0 Å². The average Bonchev–Trinajstić information content (AvgIpc) is 2.43. The molecule has 0 radical (unpaired) electrons. The first-order chi connectivity index (χ1) is 9.90. The summed E-state index contributed by atoms with van der Waals surface area (Å²) in [4.78, 5) is 24.3. The molecule has 108 valence electrons. The summed E-state index contributed by atoms with van der Waals surface area (Å²) in [5.74, 6) is -3.97. The van der Waals surface area contributed by atoms with E-state index in [9.17, 15) is 23.7 Å². The van der Waals surface area contributed by atoms with E-state index in [2.05, 4.69) is 10.3 Å². The number of carbonyl (C=O) groups is 1. The minimum absolute atomic E-state index is 0.164. The molecular formula is C12H7F2N3O4. The lowest BCUT2D eigenvalue weighted by Gasteiger charge is -2.07. The van der Waals surface area contributed by atoms with Gasteiger partial charge in [0.05, 0.1) is 10.6 Å². The Kier molecular flexibility index (Phi) is 3.74. The van der Waals surface area contributed by atoms with Crippen LogP contribution in [0, 0.1) is 21.7 Å². The van der Waals surface area contributed by atoms with E-state index < -0.39 is 33.8 Å². The lowest BCUT2D eigenvalue weighted by Crippen LogP contribution is -2.06. The Morgan fingerprint density at radius 1 is 1.38 bits per heavy atom. The Bertz CT molecular complexity index is 736. The van der Waals surface area contributed by atoms with E-state index in [1.807, 2.05) is 0 Å². The van der Waals surface area contributed by atoms with Crippen molar-refractivity contribution in [3.8, 4) is 0 Å². The largest absolute Gasteiger partial charge is 0.477 e. The number of anilines is 2. The standard InChI is InChI=1S/C12H7F2N3O4/c13-7-2-1-3-8(11(7)14)16-10-4-6(12(18)19)9(5-15-10)17(20)21/h1-5H,(H,15,16)(H,18,19). The van der Waals surface area contributed by atoms with Crippen molar-refractivity contribution in [3.05, 3.63) is 57.8 Å². The molecule has 2 aromatic rings. The predicted octanol–water partition coefficient (Wildman–Crippen LogP) is 2.71. The Labute approximate surface area is 116 Å². The number of pyridine rings is 1. The third kappa shape index (κ3) is 2.91. The van der Waals surface area contributed by atoms with Gasteiger partial charge in [0.2, 0.25) is 0 Å². The molecular weight excluding hydrogens is 288 g/mol. The fourth-order valence-electron chi connectivity index (χ4n) is 1.57. The summed E-state index contributed by atoms with van der Waals surface area (Å²) in [6.45, 7) is 0. The van der Waals surface area contributed by atoms with Gasteiger partial charge >= 0.3 is 11.7 Å². The van der Waals surface area contributed by atoms with Gasteiger partial charge in [-0.25, -0.2) is 18.6 Å². The molecule has 21 heavy (non-hydrogen) atoms. The minimum Gasteiger partial charge on any atom is -0.477 e. The van der Waals surface area contributed by atoms with Crippen LogP contribution in [0.15, 0.2) is 30.5 Å². The van der Waals surface area contributed by atoms with Gasteiger partial charge in [0.25, 0.3) is 0 Å². The van der Waals surface area contributed by atoms with Gasteiger partial charge in [0.15, 0.2) is 11.6 Å². The second kappa shape index (κ2) is 5.49. The summed E-state index contributed by atoms with van der Waals surface area (Å²) < 4.78 is 26.5. The van der Waals surface area contributed by atoms with Gasteiger partial charge in [0, 0.05) is 6.07 Å². The summed E-state index contributed by atoms with van der Waals surface area (Å²) in [6, 6.07) is 4.23. The van der Waals surface area contributed by atoms with E-state index in [4.69, 9.17) is 5.11 Å². The Morgan fingerprint density at radius 3 is 2.71 bits per heavy atom. The average molecular weight is 295 g/mol. The SMILES string of the molecule is O=C(O)c1cc(Nc2cccc(F)c2F)ncc1[N+](=O)[O-]. The van der Waals surface area contributed by atoms with E-state index >= 15 is 0 Å². The van der Waals surface area contributed by atoms with Crippen LogP contribution in [-0.2, 0) is 0 Å². The van der Waals surface area contributed by atoms with Crippen LogP contribution in [0.2, 0.25) is 0 Å². The first-order valence-corrected chi connectivity index (χ1v) is 5.49. The first-order valence-electron chi connectivity index (χ1n) is 5.49. The summed E-state index contributed by atoms with van der Waals surface area (Å²) in [6.07, 6.45) is 0.725. The van der Waals surface area contributed by atoms with Gasteiger partial charge in [-0.2, -0.15) is 0 Å². The molecule has 0 amide bonds. The number of aromatic carboxylic acids is 1. The molecule has 2 rings (SSSR count). The zero-order valence-corrected chi connectivity index (χ0v) is 10.2. The zero-order valence-electron chi connectivity index (χ0n) is 10.2. The highest BCUT2D eigenvalue weighted by Crippen LogP contribution is 2.24. The minimum atomic E-state index is -1.54. The topological polar surface area (TPSA) is 105 Å². The maximum Gasteiger partial charge on any atom is 0.342 e. The van der Waals surface area contributed by atoms with E-state index in [1.54, 1.807) is 0 Å². The van der Waals surface area contributed by atoms with Gasteiger partial charge in [-0.1, -0.05) is 6.07 Å². The molecule has 0 aliphatic rings. The number of aromatic nitrogens is 1. The van der Waals surface area contributed by atoms with Gasteiger partial charge in [0.1, 0.15) is 17.6 Å². The smallest absolute Gasteiger partial charge is 0.342 e. The van der Waals surface area contributed by atoms with Crippen molar-refractivity contribution >= 4 is 23.2 Å². The number of halogens is 2. The highest BCUT2D eigenvalue weighted by molar-refractivity contribution is 5.93. The van der Waals surface area contributed by atoms with Gasteiger partial charge in [-0.3, -0.25) is 10.1 Å². The number of benzene rings is 1.